The summed E-state index contributed by atoms with van der Waals surface area (Å²) in [6, 6.07) is 8.64. The number of hydrogen-bond acceptors (Lipinski definition) is 3. The van der Waals surface area contributed by atoms with Crippen LogP contribution in [0.15, 0.2) is 28.7 Å². The first kappa shape index (κ1) is 15.1. The molecule has 0 N–H and O–H groups in total. The van der Waals surface area contributed by atoms with E-state index in [4.69, 9.17) is 9.40 Å². The molecular weight excluding hydrogens is 417 g/mol. The Hall–Kier alpha value is -1.40. The first-order valence-corrected chi connectivity index (χ1v) is 9.41. The molecule has 0 bridgehead atoms. The predicted molar refractivity (Wildman–Crippen MR) is 106 cm³/mol. The zero-order chi connectivity index (χ0) is 16.3. The van der Waals surface area contributed by atoms with Crippen molar-refractivity contribution in [3.05, 3.63) is 50.1 Å². The second-order valence-corrected chi connectivity index (χ2v) is 8.21. The van der Waals surface area contributed by atoms with Gasteiger partial charge in [-0.25, -0.2) is 4.98 Å². The molecule has 0 radical (unpaired) electrons. The molecule has 0 spiro atoms. The van der Waals surface area contributed by atoms with Crippen molar-refractivity contribution < 1.29 is 4.42 Å². The van der Waals surface area contributed by atoms with Crippen molar-refractivity contribution in [1.82, 2.24) is 4.98 Å². The summed E-state index contributed by atoms with van der Waals surface area (Å²) in [5.41, 5.74) is 7.07. The van der Waals surface area contributed by atoms with Crippen LogP contribution >= 0.6 is 33.9 Å². The van der Waals surface area contributed by atoms with Gasteiger partial charge in [0.2, 0.25) is 0 Å². The van der Waals surface area contributed by atoms with Crippen LogP contribution in [0.1, 0.15) is 22.3 Å². The van der Waals surface area contributed by atoms with E-state index in [1.54, 1.807) is 11.3 Å². The third-order valence-corrected chi connectivity index (χ3v) is 6.50. The summed E-state index contributed by atoms with van der Waals surface area (Å²) < 4.78 is 8.63. The van der Waals surface area contributed by atoms with Crippen molar-refractivity contribution >= 4 is 55.1 Å². The van der Waals surface area contributed by atoms with E-state index >= 15 is 0 Å². The van der Waals surface area contributed by atoms with Crippen molar-refractivity contribution in [3.63, 3.8) is 0 Å². The number of halogens is 1. The lowest BCUT2D eigenvalue weighted by Gasteiger charge is -2.02. The molecule has 0 fully saturated rings. The lowest BCUT2D eigenvalue weighted by atomic mass is 10.0. The second kappa shape index (κ2) is 5.31. The van der Waals surface area contributed by atoms with Gasteiger partial charge in [0.25, 0.3) is 0 Å². The van der Waals surface area contributed by atoms with E-state index in [0.29, 0.717) is 0 Å². The monoisotopic (exact) mass is 433 g/mol. The lowest BCUT2D eigenvalue weighted by molar-refractivity contribution is 0.628. The Labute approximate surface area is 152 Å². The standard InChI is InChI=1S/C19H16INOS/c1-9-5-6-14(20)16-18(9)23-19(21-16)15-8-13-11(3)7-10(2)12(4)17(13)22-15/h5-8H,1-4H3. The van der Waals surface area contributed by atoms with Crippen molar-refractivity contribution in [2.75, 3.05) is 0 Å². The summed E-state index contributed by atoms with van der Waals surface area (Å²) >= 11 is 4.06. The molecule has 4 aromatic rings. The third kappa shape index (κ3) is 2.31. The number of nitrogens with zero attached hydrogens (tertiary/aromatic N) is 1. The number of furan rings is 1. The maximum absolute atomic E-state index is 6.20. The van der Waals surface area contributed by atoms with Gasteiger partial charge in [-0.1, -0.05) is 12.1 Å². The minimum Gasteiger partial charge on any atom is -0.453 e. The fraction of sp³-hybridized carbons (Fsp3) is 0.211. The number of rotatable bonds is 1. The molecule has 2 heterocycles. The van der Waals surface area contributed by atoms with Gasteiger partial charge in [-0.15, -0.1) is 11.3 Å². The highest BCUT2D eigenvalue weighted by Crippen LogP contribution is 2.38. The third-order valence-electron chi connectivity index (χ3n) is 4.42. The van der Waals surface area contributed by atoms with Crippen LogP contribution in [-0.4, -0.2) is 4.98 Å². The molecule has 0 aliphatic rings. The highest BCUT2D eigenvalue weighted by atomic mass is 127. The Morgan fingerprint density at radius 2 is 1.78 bits per heavy atom. The predicted octanol–water partition coefficient (Wildman–Crippen LogP) is 6.55. The molecule has 0 aliphatic carbocycles. The molecule has 0 amide bonds. The van der Waals surface area contributed by atoms with Gasteiger partial charge < -0.3 is 4.42 Å². The highest BCUT2D eigenvalue weighted by Gasteiger charge is 2.16. The molecule has 0 saturated carbocycles. The van der Waals surface area contributed by atoms with Crippen molar-refractivity contribution in [1.29, 1.82) is 0 Å². The molecule has 4 heteroatoms. The summed E-state index contributed by atoms with van der Waals surface area (Å²) in [5, 5.41) is 2.15. The molecule has 0 atom stereocenters. The average Bonchev–Trinajstić information content (AvgIpc) is 3.13. The van der Waals surface area contributed by atoms with Gasteiger partial charge in [-0.2, -0.15) is 0 Å². The van der Waals surface area contributed by atoms with Crippen LogP contribution < -0.4 is 0 Å². The van der Waals surface area contributed by atoms with Gasteiger partial charge in [0.1, 0.15) is 5.58 Å². The Balaban J connectivity index is 2.00. The van der Waals surface area contributed by atoms with Crippen molar-refractivity contribution in [3.8, 4) is 10.8 Å². The van der Waals surface area contributed by atoms with Gasteiger partial charge in [0.15, 0.2) is 10.8 Å². The highest BCUT2D eigenvalue weighted by molar-refractivity contribution is 14.1. The van der Waals surface area contributed by atoms with E-state index in [9.17, 15) is 0 Å². The van der Waals surface area contributed by atoms with E-state index in [1.807, 2.05) is 0 Å². The number of benzene rings is 2. The van der Waals surface area contributed by atoms with Crippen LogP contribution in [0.3, 0.4) is 0 Å². The SMILES string of the molecule is Cc1cc(C)c2cc(-c3nc4c(I)ccc(C)c4s3)oc2c1C. The van der Waals surface area contributed by atoms with Crippen LogP contribution in [0.4, 0.5) is 0 Å². The largest absolute Gasteiger partial charge is 0.453 e. The Morgan fingerprint density at radius 1 is 1.00 bits per heavy atom. The van der Waals surface area contributed by atoms with Crippen LogP contribution in [-0.2, 0) is 0 Å². The van der Waals surface area contributed by atoms with Gasteiger partial charge in [-0.3, -0.25) is 0 Å². The summed E-state index contributed by atoms with van der Waals surface area (Å²) in [6.07, 6.45) is 0. The van der Waals surface area contributed by atoms with Gasteiger partial charge >= 0.3 is 0 Å². The van der Waals surface area contributed by atoms with E-state index < -0.39 is 0 Å². The normalized spacial score (nSPS) is 11.7. The van der Waals surface area contributed by atoms with Crippen LogP contribution in [0.2, 0.25) is 0 Å². The topological polar surface area (TPSA) is 26.0 Å². The lowest BCUT2D eigenvalue weighted by Crippen LogP contribution is -1.83. The van der Waals surface area contributed by atoms with Gasteiger partial charge in [0, 0.05) is 8.96 Å². The van der Waals surface area contributed by atoms with E-state index in [0.717, 1.165) is 21.9 Å². The first-order chi connectivity index (χ1) is 11.0. The summed E-state index contributed by atoms with van der Waals surface area (Å²) in [7, 11) is 0. The summed E-state index contributed by atoms with van der Waals surface area (Å²) in [4.78, 5) is 4.84. The zero-order valence-electron chi connectivity index (χ0n) is 13.5. The number of aromatic nitrogens is 1. The summed E-state index contributed by atoms with van der Waals surface area (Å²) in [5.74, 6) is 0.869. The Morgan fingerprint density at radius 3 is 2.52 bits per heavy atom. The molecule has 0 saturated heterocycles. The molecule has 2 aromatic heterocycles. The maximum Gasteiger partial charge on any atom is 0.164 e. The molecule has 2 aromatic carbocycles. The zero-order valence-corrected chi connectivity index (χ0v) is 16.4. The minimum atomic E-state index is 0.869. The number of fused-ring (bicyclic) bond motifs is 2. The van der Waals surface area contributed by atoms with Gasteiger partial charge in [0.05, 0.1) is 10.2 Å². The molecule has 0 aliphatic heterocycles. The van der Waals surface area contributed by atoms with E-state index in [1.165, 1.54) is 35.9 Å². The summed E-state index contributed by atoms with van der Waals surface area (Å²) in [6.45, 7) is 8.53. The Kier molecular flexibility index (Phi) is 3.50. The molecule has 116 valence electrons. The van der Waals surface area contributed by atoms with E-state index in [-0.39, 0.29) is 0 Å². The number of aryl methyl sites for hydroxylation is 4. The molecule has 23 heavy (non-hydrogen) atoms. The average molecular weight is 433 g/mol. The van der Waals surface area contributed by atoms with Crippen LogP contribution in [0.5, 0.6) is 0 Å². The van der Waals surface area contributed by atoms with Gasteiger partial charge in [-0.05, 0) is 84.7 Å². The van der Waals surface area contributed by atoms with Crippen molar-refractivity contribution in [2.45, 2.75) is 27.7 Å². The quantitative estimate of drug-likeness (QED) is 0.318. The van der Waals surface area contributed by atoms with E-state index in [2.05, 4.69) is 74.6 Å². The minimum absolute atomic E-state index is 0.869. The first-order valence-electron chi connectivity index (χ1n) is 7.52. The fourth-order valence-corrected chi connectivity index (χ4v) is 4.73. The molecule has 4 rings (SSSR count). The smallest absolute Gasteiger partial charge is 0.164 e. The molecular formula is C19H16INOS. The number of thiazole rings is 1. The maximum atomic E-state index is 6.20. The second-order valence-electron chi connectivity index (χ2n) is 6.05. The Bertz CT molecular complexity index is 1040. The van der Waals surface area contributed by atoms with Crippen molar-refractivity contribution in [2.24, 2.45) is 0 Å². The molecule has 0 unspecified atom stereocenters. The van der Waals surface area contributed by atoms with Crippen LogP contribution in [0, 0.1) is 31.3 Å². The number of hydrogen-bond donors (Lipinski definition) is 0. The molecule has 2 nitrogen and oxygen atoms in total. The fourth-order valence-electron chi connectivity index (χ4n) is 2.97. The van der Waals surface area contributed by atoms with Crippen LogP contribution in [0.25, 0.3) is 32.0 Å².